The molecule has 0 N–H and O–H groups in total. The summed E-state index contributed by atoms with van der Waals surface area (Å²) in [7, 11) is 0. The molecular formula is C38H24O. The monoisotopic (exact) mass is 501 g/mol. The van der Waals surface area contributed by atoms with Crippen molar-refractivity contribution in [1.29, 1.82) is 0 Å². The zero-order valence-corrected chi connectivity index (χ0v) is 20.9. The van der Waals surface area contributed by atoms with E-state index in [2.05, 4.69) is 48.5 Å². The minimum Gasteiger partial charge on any atom is -0.455 e. The number of hydrogen-bond acceptors (Lipinski definition) is 1. The lowest BCUT2D eigenvalue weighted by Crippen LogP contribution is -1.90. The molecule has 0 radical (unpaired) electrons. The molecule has 1 heterocycles. The fourth-order valence-electron chi connectivity index (χ4n) is 5.88. The first-order valence-corrected chi connectivity index (χ1v) is 13.0. The third-order valence-corrected chi connectivity index (χ3v) is 7.55. The Hall–Kier alpha value is -5.14. The Morgan fingerprint density at radius 1 is 0.436 bits per heavy atom. The molecule has 8 rings (SSSR count). The molecule has 0 atom stereocenters. The zero-order chi connectivity index (χ0) is 30.1. The quantitative estimate of drug-likeness (QED) is 0.219. The summed E-state index contributed by atoms with van der Waals surface area (Å²) in [5.41, 5.74) is 6.57. The van der Waals surface area contributed by atoms with Crippen molar-refractivity contribution in [2.45, 2.75) is 0 Å². The Bertz CT molecular complexity index is 2360. The average Bonchev–Trinajstić information content (AvgIpc) is 3.44. The number of fused-ring (bicyclic) bond motifs is 5. The van der Waals surface area contributed by atoms with Gasteiger partial charge < -0.3 is 4.42 Å². The van der Waals surface area contributed by atoms with E-state index in [-0.39, 0.29) is 29.7 Å². The van der Waals surface area contributed by atoms with Gasteiger partial charge in [-0.25, -0.2) is 0 Å². The van der Waals surface area contributed by atoms with Crippen LogP contribution in [0.4, 0.5) is 0 Å². The van der Waals surface area contributed by atoms with E-state index in [0.717, 1.165) is 65.7 Å². The fraction of sp³-hybridized carbons (Fsp3) is 0. The van der Waals surface area contributed by atoms with Gasteiger partial charge in [0.25, 0.3) is 0 Å². The van der Waals surface area contributed by atoms with E-state index in [9.17, 15) is 0 Å². The average molecular weight is 502 g/mol. The van der Waals surface area contributed by atoms with E-state index in [1.165, 1.54) is 0 Å². The summed E-state index contributed by atoms with van der Waals surface area (Å²) in [6.45, 7) is 0. The van der Waals surface area contributed by atoms with Crippen LogP contribution in [0.2, 0.25) is 0 Å². The molecule has 182 valence electrons. The lowest BCUT2D eigenvalue weighted by atomic mass is 9.86. The highest BCUT2D eigenvalue weighted by Gasteiger charge is 2.18. The molecule has 1 nitrogen and oxygen atoms in total. The first kappa shape index (κ1) is 17.4. The van der Waals surface area contributed by atoms with Crippen molar-refractivity contribution in [2.75, 3.05) is 0 Å². The van der Waals surface area contributed by atoms with Crippen LogP contribution in [0.15, 0.2) is 150 Å². The van der Waals surface area contributed by atoms with Crippen LogP contribution >= 0.6 is 0 Å². The van der Waals surface area contributed by atoms with Crippen molar-refractivity contribution in [3.63, 3.8) is 0 Å². The molecule has 0 fully saturated rings. The standard InChI is InChI=1S/C38H24O/c1-3-12-25(13-4-1)28-20-11-21-34-29-23-22-27(24-35(29)39-38(28)34)37-32-18-9-7-16-30(32)36(26-14-5-2-6-15-26)31-17-8-10-19-33(31)37/h1-24H/i2D,5D,6D,14D,15D. The molecule has 0 aliphatic heterocycles. The normalized spacial score (nSPS) is 13.4. The van der Waals surface area contributed by atoms with Gasteiger partial charge in [-0.15, -0.1) is 0 Å². The van der Waals surface area contributed by atoms with Crippen molar-refractivity contribution in [1.82, 2.24) is 0 Å². The van der Waals surface area contributed by atoms with Crippen molar-refractivity contribution < 1.29 is 11.3 Å². The van der Waals surface area contributed by atoms with Crippen molar-refractivity contribution in [2.24, 2.45) is 0 Å². The Balaban J connectivity index is 1.44. The number of para-hydroxylation sites is 1. The van der Waals surface area contributed by atoms with Gasteiger partial charge in [0.1, 0.15) is 11.2 Å². The summed E-state index contributed by atoms with van der Waals surface area (Å²) in [4.78, 5) is 0. The van der Waals surface area contributed by atoms with Crippen molar-refractivity contribution in [3.8, 4) is 33.4 Å². The van der Waals surface area contributed by atoms with Gasteiger partial charge in [-0.1, -0.05) is 133 Å². The van der Waals surface area contributed by atoms with Gasteiger partial charge in [0.2, 0.25) is 0 Å². The molecule has 0 saturated carbocycles. The van der Waals surface area contributed by atoms with E-state index in [1.807, 2.05) is 66.7 Å². The minimum atomic E-state index is -0.399. The number of benzene rings is 7. The lowest BCUT2D eigenvalue weighted by Gasteiger charge is -2.17. The third kappa shape index (κ3) is 3.41. The molecule has 7 aromatic carbocycles. The minimum absolute atomic E-state index is 0.205. The van der Waals surface area contributed by atoms with Crippen LogP contribution < -0.4 is 0 Å². The number of hydrogen-bond donors (Lipinski definition) is 0. The smallest absolute Gasteiger partial charge is 0.143 e. The van der Waals surface area contributed by atoms with E-state index in [0.29, 0.717) is 5.56 Å². The van der Waals surface area contributed by atoms with E-state index in [4.69, 9.17) is 11.3 Å². The Morgan fingerprint density at radius 3 is 1.69 bits per heavy atom. The predicted molar refractivity (Wildman–Crippen MR) is 165 cm³/mol. The van der Waals surface area contributed by atoms with Gasteiger partial charge in [0.15, 0.2) is 0 Å². The predicted octanol–water partition coefficient (Wildman–Crippen LogP) is 10.9. The molecule has 39 heavy (non-hydrogen) atoms. The van der Waals surface area contributed by atoms with Crippen LogP contribution in [-0.4, -0.2) is 0 Å². The van der Waals surface area contributed by atoms with Crippen molar-refractivity contribution in [3.05, 3.63) is 145 Å². The molecule has 0 spiro atoms. The maximum Gasteiger partial charge on any atom is 0.143 e. The van der Waals surface area contributed by atoms with Gasteiger partial charge in [0.05, 0.1) is 6.85 Å². The van der Waals surface area contributed by atoms with Gasteiger partial charge in [-0.2, -0.15) is 0 Å². The third-order valence-electron chi connectivity index (χ3n) is 7.55. The second-order valence-electron chi connectivity index (χ2n) is 9.70. The first-order valence-electron chi connectivity index (χ1n) is 15.5. The van der Waals surface area contributed by atoms with Crippen LogP contribution in [0.5, 0.6) is 0 Å². The van der Waals surface area contributed by atoms with Crippen LogP contribution in [-0.2, 0) is 0 Å². The molecule has 1 aromatic heterocycles. The van der Waals surface area contributed by atoms with E-state index < -0.39 is 6.04 Å². The largest absolute Gasteiger partial charge is 0.455 e. The molecule has 0 aliphatic rings. The molecular weight excluding hydrogens is 472 g/mol. The topological polar surface area (TPSA) is 13.1 Å². The fourth-order valence-corrected chi connectivity index (χ4v) is 5.88. The van der Waals surface area contributed by atoms with Crippen molar-refractivity contribution >= 4 is 43.5 Å². The van der Waals surface area contributed by atoms with E-state index >= 15 is 0 Å². The van der Waals surface area contributed by atoms with Crippen LogP contribution in [0.1, 0.15) is 6.85 Å². The number of rotatable bonds is 3. The molecule has 0 saturated heterocycles. The summed E-state index contributed by atoms with van der Waals surface area (Å²) >= 11 is 0. The van der Waals surface area contributed by atoms with Crippen LogP contribution in [0.25, 0.3) is 76.9 Å². The van der Waals surface area contributed by atoms with Gasteiger partial charge in [-0.05, 0) is 61.5 Å². The SMILES string of the molecule is [2H]c1c([2H])c([2H])c(-c2c3ccccc3c(-c3ccc4c(c3)oc3c(-c5ccccc5)cccc34)c3ccccc23)c([2H])c1[2H]. The summed E-state index contributed by atoms with van der Waals surface area (Å²) in [6, 6.07) is 37.1. The summed E-state index contributed by atoms with van der Waals surface area (Å²) < 4.78 is 49.0. The molecule has 0 unspecified atom stereocenters. The molecule has 0 amide bonds. The molecule has 0 bridgehead atoms. The van der Waals surface area contributed by atoms with Gasteiger partial charge in [-0.3, -0.25) is 0 Å². The second kappa shape index (κ2) is 8.72. The van der Waals surface area contributed by atoms with E-state index in [1.54, 1.807) is 0 Å². The first-order chi connectivity index (χ1) is 21.4. The molecule has 1 heteroatoms. The lowest BCUT2D eigenvalue weighted by molar-refractivity contribution is 0.670. The Kier molecular flexibility index (Phi) is 3.89. The maximum absolute atomic E-state index is 8.78. The van der Waals surface area contributed by atoms with Crippen LogP contribution in [0.3, 0.4) is 0 Å². The summed E-state index contributed by atoms with van der Waals surface area (Å²) in [5.74, 6) is 0. The Labute approximate surface area is 233 Å². The Morgan fingerprint density at radius 2 is 1.03 bits per heavy atom. The van der Waals surface area contributed by atoms with Crippen LogP contribution in [0, 0.1) is 0 Å². The number of furan rings is 1. The maximum atomic E-state index is 8.78. The summed E-state index contributed by atoms with van der Waals surface area (Å²) in [6.07, 6.45) is 0. The summed E-state index contributed by atoms with van der Waals surface area (Å²) in [5, 5.41) is 5.57. The zero-order valence-electron chi connectivity index (χ0n) is 25.9. The highest BCUT2D eigenvalue weighted by molar-refractivity contribution is 6.22. The highest BCUT2D eigenvalue weighted by Crippen LogP contribution is 2.45. The second-order valence-corrected chi connectivity index (χ2v) is 9.70. The highest BCUT2D eigenvalue weighted by atomic mass is 16.3. The van der Waals surface area contributed by atoms with Gasteiger partial charge >= 0.3 is 0 Å². The molecule has 0 aliphatic carbocycles. The molecule has 8 aromatic rings. The van der Waals surface area contributed by atoms with Gasteiger partial charge in [0, 0.05) is 16.3 Å².